The minimum Gasteiger partial charge on any atom is -0.465 e. The van der Waals surface area contributed by atoms with Gasteiger partial charge in [-0.25, -0.2) is 4.98 Å². The summed E-state index contributed by atoms with van der Waals surface area (Å²) in [5, 5.41) is 7.39. The zero-order chi connectivity index (χ0) is 10.6. The first-order chi connectivity index (χ1) is 6.59. The Bertz CT molecular complexity index is 316. The Hall–Kier alpha value is -1.04. The monoisotopic (exact) mass is 259 g/mol. The van der Waals surface area contributed by atoms with E-state index in [-0.39, 0.29) is 0 Å². The number of hydrogen-bond acceptors (Lipinski definition) is 5. The third kappa shape index (κ3) is 2.25. The fourth-order valence-electron chi connectivity index (χ4n) is 0.821. The van der Waals surface area contributed by atoms with E-state index in [1.54, 1.807) is 13.8 Å². The van der Waals surface area contributed by atoms with Gasteiger partial charge in [0.1, 0.15) is 0 Å². The molecule has 0 amide bonds. The number of alkyl halides is 1. The molecule has 6 heteroatoms. The Morgan fingerprint density at radius 2 is 2.36 bits per heavy atom. The Kier molecular flexibility index (Phi) is 3.51. The van der Waals surface area contributed by atoms with Gasteiger partial charge in [0.2, 0.25) is 0 Å². The molecule has 0 fully saturated rings. The summed E-state index contributed by atoms with van der Waals surface area (Å²) in [5.74, 6) is -0.133. The van der Waals surface area contributed by atoms with Crippen molar-refractivity contribution in [3.8, 4) is 0 Å². The number of carbonyl (C=O) groups is 1. The number of esters is 1. The van der Waals surface area contributed by atoms with Gasteiger partial charge in [-0.3, -0.25) is 4.79 Å². The van der Waals surface area contributed by atoms with Gasteiger partial charge >= 0.3 is 5.97 Å². The van der Waals surface area contributed by atoms with Crippen LogP contribution in [0.25, 0.3) is 0 Å². The molecule has 1 aromatic rings. The average molecular weight is 260 g/mol. The summed E-state index contributed by atoms with van der Waals surface area (Å²) < 4.78 is 3.84. The number of carbonyl (C=O) groups excluding carboxylic acids is 1. The number of rotatable bonds is 3. The number of ether oxygens (including phenoxy) is 1. The van der Waals surface area contributed by atoms with Crippen LogP contribution in [-0.4, -0.2) is 27.8 Å². The molecule has 1 atom stereocenters. The smallest absolute Gasteiger partial charge is 0.330 e. The van der Waals surface area contributed by atoms with Crippen molar-refractivity contribution >= 4 is 21.9 Å². The fraction of sp³-hybridized carbons (Fsp3) is 0.500. The van der Waals surface area contributed by atoms with Gasteiger partial charge in [-0.15, -0.1) is 5.10 Å². The second-order valence-electron chi connectivity index (χ2n) is 2.69. The van der Waals surface area contributed by atoms with E-state index >= 15 is 0 Å². The molecule has 0 N–H and O–H groups in total. The number of hydrogen-bond donors (Lipinski definition) is 0. The molecule has 1 rings (SSSR count). The third-order valence-electron chi connectivity index (χ3n) is 1.56. The van der Waals surface area contributed by atoms with Crippen molar-refractivity contribution in [2.75, 3.05) is 6.61 Å². The van der Waals surface area contributed by atoms with Crippen LogP contribution < -0.4 is 0 Å². The topological polar surface area (TPSA) is 65.0 Å². The highest BCUT2D eigenvalue weighted by Gasteiger charge is 2.37. The maximum atomic E-state index is 11.5. The summed E-state index contributed by atoms with van der Waals surface area (Å²) >= 11 is 3.22. The highest BCUT2D eigenvalue weighted by atomic mass is 79.9. The van der Waals surface area contributed by atoms with Crippen LogP contribution in [0.1, 0.15) is 19.7 Å². The molecule has 0 aromatic carbocycles. The summed E-state index contributed by atoms with van der Waals surface area (Å²) in [6, 6.07) is 0. The van der Waals surface area contributed by atoms with Crippen LogP contribution in [0.3, 0.4) is 0 Å². The highest BCUT2D eigenvalue weighted by Crippen LogP contribution is 2.28. The molecule has 76 valence electrons. The van der Waals surface area contributed by atoms with Crippen LogP contribution in [0.4, 0.5) is 0 Å². The molecule has 1 heterocycles. The van der Waals surface area contributed by atoms with Crippen LogP contribution in [0, 0.1) is 0 Å². The minimum absolute atomic E-state index is 0.290. The standard InChI is InChI=1S/C8H10BrN3O2/c1-3-14-7(13)8(2,9)6-10-4-5-11-12-6/h4-5H,3H2,1-2H3. The number of halogens is 1. The molecule has 5 nitrogen and oxygen atoms in total. The molecular formula is C8H10BrN3O2. The molecule has 0 aliphatic rings. The number of nitrogens with zero attached hydrogens (tertiary/aromatic N) is 3. The molecule has 0 saturated heterocycles. The molecule has 0 bridgehead atoms. The van der Waals surface area contributed by atoms with Crippen LogP contribution in [-0.2, 0) is 13.9 Å². The first-order valence-corrected chi connectivity index (χ1v) is 4.88. The molecule has 0 aliphatic heterocycles. The van der Waals surface area contributed by atoms with Gasteiger partial charge in [-0.05, 0) is 13.8 Å². The lowest BCUT2D eigenvalue weighted by Crippen LogP contribution is -2.30. The first-order valence-electron chi connectivity index (χ1n) is 4.09. The van der Waals surface area contributed by atoms with E-state index in [0.29, 0.717) is 12.4 Å². The van der Waals surface area contributed by atoms with Gasteiger partial charge in [0.15, 0.2) is 10.1 Å². The SMILES string of the molecule is CCOC(=O)C(C)(Br)c1nccnn1. The van der Waals surface area contributed by atoms with E-state index in [9.17, 15) is 4.79 Å². The van der Waals surface area contributed by atoms with Crippen molar-refractivity contribution in [3.05, 3.63) is 18.2 Å². The van der Waals surface area contributed by atoms with E-state index in [1.165, 1.54) is 12.4 Å². The molecular weight excluding hydrogens is 250 g/mol. The lowest BCUT2D eigenvalue weighted by Gasteiger charge is -2.17. The summed E-state index contributed by atoms with van der Waals surface area (Å²) in [7, 11) is 0. The zero-order valence-electron chi connectivity index (χ0n) is 7.90. The maximum Gasteiger partial charge on any atom is 0.330 e. The van der Waals surface area contributed by atoms with Crippen LogP contribution in [0.2, 0.25) is 0 Å². The molecule has 0 spiro atoms. The Labute approximate surface area is 90.0 Å². The number of aromatic nitrogens is 3. The van der Waals surface area contributed by atoms with E-state index in [2.05, 4.69) is 31.1 Å². The van der Waals surface area contributed by atoms with Gasteiger partial charge < -0.3 is 4.74 Å². The van der Waals surface area contributed by atoms with E-state index in [0.717, 1.165) is 0 Å². The first kappa shape index (κ1) is 11.0. The lowest BCUT2D eigenvalue weighted by molar-refractivity contribution is -0.145. The van der Waals surface area contributed by atoms with Crippen LogP contribution >= 0.6 is 15.9 Å². The second kappa shape index (κ2) is 4.45. The van der Waals surface area contributed by atoms with Crippen molar-refractivity contribution in [2.45, 2.75) is 18.2 Å². The predicted molar refractivity (Wildman–Crippen MR) is 52.7 cm³/mol. The van der Waals surface area contributed by atoms with Gasteiger partial charge in [0, 0.05) is 6.20 Å². The Morgan fingerprint density at radius 3 is 2.86 bits per heavy atom. The second-order valence-corrected chi connectivity index (χ2v) is 4.28. The van der Waals surface area contributed by atoms with Crippen molar-refractivity contribution in [1.29, 1.82) is 0 Å². The molecule has 1 aromatic heterocycles. The molecule has 14 heavy (non-hydrogen) atoms. The van der Waals surface area contributed by atoms with Crippen LogP contribution in [0.5, 0.6) is 0 Å². The molecule has 0 radical (unpaired) electrons. The van der Waals surface area contributed by atoms with E-state index in [4.69, 9.17) is 4.74 Å². The maximum absolute atomic E-state index is 11.5. The average Bonchev–Trinajstić information content (AvgIpc) is 2.19. The van der Waals surface area contributed by atoms with Gasteiger partial charge in [-0.2, -0.15) is 5.10 Å². The summed E-state index contributed by atoms with van der Waals surface area (Å²) in [6.45, 7) is 3.69. The molecule has 1 unspecified atom stereocenters. The van der Waals surface area contributed by atoms with Gasteiger partial charge in [0.25, 0.3) is 0 Å². The van der Waals surface area contributed by atoms with Crippen molar-refractivity contribution in [2.24, 2.45) is 0 Å². The van der Waals surface area contributed by atoms with Crippen molar-refractivity contribution < 1.29 is 9.53 Å². The summed E-state index contributed by atoms with van der Waals surface area (Å²) in [5.41, 5.74) is 0. The molecule has 0 aliphatic carbocycles. The van der Waals surface area contributed by atoms with Crippen molar-refractivity contribution in [1.82, 2.24) is 15.2 Å². The quantitative estimate of drug-likeness (QED) is 0.600. The predicted octanol–water partition coefficient (Wildman–Crippen LogP) is 1.04. The lowest BCUT2D eigenvalue weighted by atomic mass is 10.2. The summed E-state index contributed by atoms with van der Waals surface area (Å²) in [6.07, 6.45) is 2.92. The Morgan fingerprint density at radius 1 is 1.64 bits per heavy atom. The minimum atomic E-state index is -1.03. The molecule has 0 saturated carbocycles. The third-order valence-corrected chi connectivity index (χ3v) is 2.24. The highest BCUT2D eigenvalue weighted by molar-refractivity contribution is 9.10. The van der Waals surface area contributed by atoms with Gasteiger partial charge in [0.05, 0.1) is 12.8 Å². The zero-order valence-corrected chi connectivity index (χ0v) is 9.48. The van der Waals surface area contributed by atoms with Crippen LogP contribution in [0.15, 0.2) is 12.4 Å². The Balaban J connectivity index is 2.90. The fourth-order valence-corrected chi connectivity index (χ4v) is 1.12. The van der Waals surface area contributed by atoms with Crippen molar-refractivity contribution in [3.63, 3.8) is 0 Å². The summed E-state index contributed by atoms with van der Waals surface area (Å²) in [4.78, 5) is 15.4. The largest absolute Gasteiger partial charge is 0.465 e. The van der Waals surface area contributed by atoms with E-state index < -0.39 is 10.3 Å². The normalized spacial score (nSPS) is 14.5. The van der Waals surface area contributed by atoms with Gasteiger partial charge in [-0.1, -0.05) is 15.9 Å². The van der Waals surface area contributed by atoms with E-state index in [1.807, 2.05) is 0 Å².